The summed E-state index contributed by atoms with van der Waals surface area (Å²) in [4.78, 5) is 36.8. The number of hydrogen-bond donors (Lipinski definition) is 4. The molecular formula is C38H34CuN10. The second kappa shape index (κ2) is 11.7. The molecule has 6 N–H and O–H groups in total. The minimum atomic E-state index is -0.234. The van der Waals surface area contributed by atoms with E-state index in [2.05, 4.69) is 9.97 Å². The number of hydrogen-bond acceptors (Lipinski definition) is 8. The zero-order chi connectivity index (χ0) is 33.9. The van der Waals surface area contributed by atoms with Gasteiger partial charge in [-0.3, -0.25) is 0 Å². The number of nitrogens with one attached hydrogen (secondary N) is 2. The topological polar surface area (TPSA) is 161 Å². The van der Waals surface area contributed by atoms with Crippen LogP contribution in [0.15, 0.2) is 97.1 Å². The first-order valence-electron chi connectivity index (χ1n) is 15.9. The standard InChI is InChI=1S/C32H18N8.2C3H8N.Cu/c1-2-10-18-17(9-1)25-33-26(18)38-28-21-13-5-6-14-22(21)30(35-28)40-32-24-16-8-7-15-23(24)31(36-32)39-29-20-12-4-3-11-19(20)27(34-29)37-25;2*1-3(2)4;/h1-16H,(H2,33,34,35,36,37,38,39,40);2*4H2,1-2H3;. The molecule has 10 nitrogen and oxygen atoms in total. The summed E-state index contributed by atoms with van der Waals surface area (Å²) in [6.07, 6.45) is 0. The van der Waals surface area contributed by atoms with Crippen molar-refractivity contribution in [1.29, 1.82) is 0 Å². The van der Waals surface area contributed by atoms with E-state index in [4.69, 9.17) is 41.4 Å². The molecule has 0 saturated heterocycles. The van der Waals surface area contributed by atoms with Crippen molar-refractivity contribution in [3.05, 3.63) is 97.1 Å². The molecule has 8 bridgehead atoms. The SMILES string of the molecule is C[C](C)(N)[Cu][C](C)(C)N.c1ccc2c(c1)-c1nc-2nc2[nH]c(nc3nc(nc4[nH]c(n1)c1ccccc41)-c1ccccc1-3)c1ccccc21. The van der Waals surface area contributed by atoms with E-state index in [0.29, 0.717) is 45.9 Å². The summed E-state index contributed by atoms with van der Waals surface area (Å²) in [5.74, 6) is 2.39. The van der Waals surface area contributed by atoms with E-state index in [1.54, 1.807) is 15.0 Å². The third-order valence-corrected chi connectivity index (χ3v) is 9.06. The molecule has 0 radical (unpaired) electrons. The number of nitrogens with zero attached hydrogens (tertiary/aromatic N) is 6. The Bertz CT molecular complexity index is 2240. The summed E-state index contributed by atoms with van der Waals surface area (Å²) in [5, 5.41) is 3.82. The number of H-pyrrole nitrogens is 2. The van der Waals surface area contributed by atoms with E-state index in [-0.39, 0.29) is 8.87 Å². The van der Waals surface area contributed by atoms with Gasteiger partial charge in [0.2, 0.25) is 0 Å². The van der Waals surface area contributed by atoms with Gasteiger partial charge in [0, 0.05) is 43.8 Å². The minimum absolute atomic E-state index is 0.234. The maximum atomic E-state index is 5.70. The molecule has 7 aromatic rings. The maximum Gasteiger partial charge on any atom is 0.164 e. The summed E-state index contributed by atoms with van der Waals surface area (Å²) in [5.41, 5.74) is 17.8. The van der Waals surface area contributed by atoms with Gasteiger partial charge in [0.15, 0.2) is 23.3 Å². The summed E-state index contributed by atoms with van der Waals surface area (Å²) in [7, 11) is 0. The van der Waals surface area contributed by atoms with Crippen molar-refractivity contribution < 1.29 is 15.0 Å². The Hall–Kier alpha value is -5.32. The zero-order valence-corrected chi connectivity index (χ0v) is 28.3. The van der Waals surface area contributed by atoms with Crippen LogP contribution >= 0.6 is 0 Å². The average Bonchev–Trinajstić information content (AvgIpc) is 3.79. The van der Waals surface area contributed by atoms with Gasteiger partial charge in [0.05, 0.1) is 0 Å². The molecule has 11 heteroatoms. The molecule has 0 atom stereocenters. The van der Waals surface area contributed by atoms with Crippen molar-refractivity contribution in [2.24, 2.45) is 11.5 Å². The Morgan fingerprint density at radius 1 is 0.408 bits per heavy atom. The van der Waals surface area contributed by atoms with Crippen LogP contribution in [0.3, 0.4) is 0 Å². The van der Waals surface area contributed by atoms with Crippen LogP contribution in [0.5, 0.6) is 0 Å². The van der Waals surface area contributed by atoms with Gasteiger partial charge in [-0.05, 0) is 0 Å². The Morgan fingerprint density at radius 2 is 0.653 bits per heavy atom. The van der Waals surface area contributed by atoms with Gasteiger partial charge in [-0.2, -0.15) is 0 Å². The van der Waals surface area contributed by atoms with E-state index in [1.165, 1.54) is 0 Å². The first-order chi connectivity index (χ1) is 23.5. The summed E-state index contributed by atoms with van der Waals surface area (Å²) >= 11 is 1.66. The van der Waals surface area contributed by atoms with Gasteiger partial charge in [0.25, 0.3) is 0 Å². The van der Waals surface area contributed by atoms with E-state index in [9.17, 15) is 0 Å². The largest absolute Gasteiger partial charge is 0.324 e. The molecule has 0 amide bonds. The molecule has 0 unspecified atom stereocenters. The van der Waals surface area contributed by atoms with Crippen LogP contribution in [-0.2, 0) is 15.0 Å². The van der Waals surface area contributed by atoms with Gasteiger partial charge in [0.1, 0.15) is 22.6 Å². The Labute approximate surface area is 288 Å². The Morgan fingerprint density at radius 3 is 0.878 bits per heavy atom. The van der Waals surface area contributed by atoms with Gasteiger partial charge in [-0.25, -0.2) is 29.9 Å². The van der Waals surface area contributed by atoms with Crippen LogP contribution in [-0.4, -0.2) is 48.7 Å². The van der Waals surface area contributed by atoms with Crippen LogP contribution in [0.25, 0.3) is 89.7 Å². The van der Waals surface area contributed by atoms with E-state index in [1.807, 2.05) is 125 Å². The van der Waals surface area contributed by atoms with Gasteiger partial charge in [-0.15, -0.1) is 0 Å². The summed E-state index contributed by atoms with van der Waals surface area (Å²) in [6.45, 7) is 7.78. The molecule has 49 heavy (non-hydrogen) atoms. The summed E-state index contributed by atoms with van der Waals surface area (Å²) < 4.78 is -0.469. The molecule has 247 valence electrons. The predicted octanol–water partition coefficient (Wildman–Crippen LogP) is 7.33. The Balaban J connectivity index is 0.000000344. The molecule has 0 fully saturated rings. The number of benzene rings is 4. The van der Waals surface area contributed by atoms with Crippen molar-refractivity contribution in [2.75, 3.05) is 0 Å². The summed E-state index contributed by atoms with van der Waals surface area (Å²) in [6, 6.07) is 32.2. The van der Waals surface area contributed by atoms with E-state index < -0.39 is 0 Å². The second-order valence-electron chi connectivity index (χ2n) is 12.8. The third kappa shape index (κ3) is 5.98. The third-order valence-electron chi connectivity index (χ3n) is 7.85. The molecule has 9 rings (SSSR count). The Kier molecular flexibility index (Phi) is 7.38. The number of rotatable bonds is 2. The number of aromatic nitrogens is 8. The molecular weight excluding hydrogens is 660 g/mol. The number of fused-ring (bicyclic) bond motifs is 20. The fraction of sp³-hybridized carbons (Fsp3) is 0.158. The van der Waals surface area contributed by atoms with Crippen molar-refractivity contribution in [2.45, 2.75) is 36.6 Å². The van der Waals surface area contributed by atoms with Crippen LogP contribution in [0.1, 0.15) is 27.7 Å². The zero-order valence-electron chi connectivity index (χ0n) is 27.4. The van der Waals surface area contributed by atoms with Crippen LogP contribution in [0.4, 0.5) is 0 Å². The van der Waals surface area contributed by atoms with Crippen molar-refractivity contribution >= 4 is 44.1 Å². The monoisotopic (exact) mass is 693 g/mol. The van der Waals surface area contributed by atoms with Gasteiger partial charge in [-0.1, -0.05) is 97.1 Å². The van der Waals surface area contributed by atoms with Gasteiger partial charge >= 0.3 is 63.0 Å². The minimum Gasteiger partial charge on any atom is -0.324 e. The second-order valence-corrected chi connectivity index (χ2v) is 15.5. The average molecular weight is 694 g/mol. The predicted molar refractivity (Wildman–Crippen MR) is 193 cm³/mol. The fourth-order valence-corrected chi connectivity index (χ4v) is 7.66. The number of nitrogens with two attached hydrogens (primary N) is 2. The number of aromatic amines is 2. The molecule has 5 heterocycles. The molecule has 0 aliphatic carbocycles. The fourth-order valence-electron chi connectivity index (χ4n) is 6.09. The van der Waals surface area contributed by atoms with Crippen molar-refractivity contribution in [1.82, 2.24) is 39.9 Å². The molecule has 3 aromatic heterocycles. The van der Waals surface area contributed by atoms with E-state index >= 15 is 0 Å². The molecule has 0 spiro atoms. The maximum absolute atomic E-state index is 5.70. The normalized spacial score (nSPS) is 12.4. The van der Waals surface area contributed by atoms with Crippen molar-refractivity contribution in [3.8, 4) is 45.6 Å². The molecule has 2 aliphatic heterocycles. The van der Waals surface area contributed by atoms with Crippen LogP contribution < -0.4 is 11.5 Å². The van der Waals surface area contributed by atoms with Crippen LogP contribution in [0.2, 0.25) is 0 Å². The van der Waals surface area contributed by atoms with Crippen LogP contribution in [0, 0.1) is 0 Å². The molecule has 0 saturated carbocycles. The molecule has 4 aromatic carbocycles. The smallest absolute Gasteiger partial charge is 0.164 e. The van der Waals surface area contributed by atoms with Gasteiger partial charge < -0.3 is 9.97 Å². The molecule has 2 aliphatic rings. The van der Waals surface area contributed by atoms with Crippen molar-refractivity contribution in [3.63, 3.8) is 0 Å². The quantitative estimate of drug-likeness (QED) is 0.137. The van der Waals surface area contributed by atoms with E-state index in [0.717, 1.165) is 43.8 Å². The first kappa shape index (κ1) is 31.0. The first-order valence-corrected chi connectivity index (χ1v) is 16.8.